The van der Waals surface area contributed by atoms with Crippen molar-refractivity contribution >= 4 is 0 Å². The van der Waals surface area contributed by atoms with Gasteiger partial charge in [-0.15, -0.1) is 15.8 Å². The highest BCUT2D eigenvalue weighted by molar-refractivity contribution is 4.27. The first-order valence-corrected chi connectivity index (χ1v) is 3.70. The Hall–Kier alpha value is -0.400. The van der Waals surface area contributed by atoms with Crippen LogP contribution in [0.25, 0.3) is 0 Å². The zero-order valence-corrected chi connectivity index (χ0v) is 7.85. The third kappa shape index (κ3) is 7.05. The molecule has 3 unspecified atom stereocenters. The number of nitrogens with one attached hydrogen (secondary N) is 3. The zero-order valence-electron chi connectivity index (χ0n) is 7.85. The van der Waals surface area contributed by atoms with Gasteiger partial charge in [-0.1, -0.05) is 10.3 Å². The molecule has 0 aliphatic carbocycles. The summed E-state index contributed by atoms with van der Waals surface area (Å²) in [6.07, 6.45) is -1.39. The Kier molecular flexibility index (Phi) is 7.73. The fraction of sp³-hybridized carbons (Fsp3) is 1.00. The summed E-state index contributed by atoms with van der Waals surface area (Å²) in [6, 6.07) is 0. The molecule has 7 N–H and O–H groups in total. The van der Waals surface area contributed by atoms with Crippen LogP contribution in [0.2, 0.25) is 0 Å². The van der Waals surface area contributed by atoms with Gasteiger partial charge in [0.25, 0.3) is 0 Å². The summed E-state index contributed by atoms with van der Waals surface area (Å²) in [5.74, 6) is 9.42. The maximum absolute atomic E-state index is 10.8. The smallest absolute Gasteiger partial charge is 0.192 e. The van der Waals surface area contributed by atoms with Gasteiger partial charge in [0.2, 0.25) is 0 Å². The van der Waals surface area contributed by atoms with Crippen LogP contribution in [0.3, 0.4) is 0 Å². The number of hydroxylamine groups is 2. The number of hydrogen-bond donors (Lipinski definition) is 5. The average Bonchev–Trinajstić information content (AvgIpc) is 2.14. The zero-order chi connectivity index (χ0) is 11.0. The van der Waals surface area contributed by atoms with Gasteiger partial charge in [0, 0.05) is 0 Å². The highest BCUT2D eigenvalue weighted by Gasteiger charge is 2.09. The minimum atomic E-state index is -0.981. The van der Waals surface area contributed by atoms with Gasteiger partial charge in [0.1, 0.15) is 0 Å². The summed E-state index contributed by atoms with van der Waals surface area (Å²) in [4.78, 5) is 17.2. The van der Waals surface area contributed by atoms with Crippen molar-refractivity contribution in [1.82, 2.24) is 11.0 Å². The van der Waals surface area contributed by atoms with Crippen LogP contribution in [0.5, 0.6) is 0 Å². The third-order valence-electron chi connectivity index (χ3n) is 1.02. The molecular weight excluding hydrogens is 198 g/mol. The lowest BCUT2D eigenvalue weighted by molar-refractivity contribution is -1.22. The molecule has 0 amide bonds. The standard InChI is InChI=1S/C4H15N5O5/c1-3(11-5)8-14-9(10)12-4(2)7-13-6/h3-4,7-9H,5-6H2,1-2H3. The Morgan fingerprint density at radius 2 is 1.86 bits per heavy atom. The van der Waals surface area contributed by atoms with Crippen LogP contribution in [0.4, 0.5) is 0 Å². The lowest BCUT2D eigenvalue weighted by Crippen LogP contribution is -3.07. The van der Waals surface area contributed by atoms with Crippen molar-refractivity contribution in [2.75, 3.05) is 0 Å². The van der Waals surface area contributed by atoms with E-state index in [2.05, 4.69) is 36.4 Å². The van der Waals surface area contributed by atoms with Crippen molar-refractivity contribution in [2.45, 2.75) is 26.3 Å². The summed E-state index contributed by atoms with van der Waals surface area (Å²) in [7, 11) is 0. The van der Waals surface area contributed by atoms with E-state index in [1.807, 2.05) is 0 Å². The average molecular weight is 213 g/mol. The van der Waals surface area contributed by atoms with E-state index in [0.717, 1.165) is 0 Å². The second-order valence-corrected chi connectivity index (χ2v) is 2.24. The van der Waals surface area contributed by atoms with Crippen LogP contribution >= 0.6 is 0 Å². The first-order valence-electron chi connectivity index (χ1n) is 3.70. The summed E-state index contributed by atoms with van der Waals surface area (Å²) < 4.78 is 0. The second-order valence-electron chi connectivity index (χ2n) is 2.24. The summed E-state index contributed by atoms with van der Waals surface area (Å²) in [6.45, 7) is 3.01. The van der Waals surface area contributed by atoms with Crippen molar-refractivity contribution in [1.29, 1.82) is 0 Å². The Morgan fingerprint density at radius 3 is 2.36 bits per heavy atom. The summed E-state index contributed by atoms with van der Waals surface area (Å²) in [5, 5.41) is 9.83. The lowest BCUT2D eigenvalue weighted by atomic mass is 10.7. The number of rotatable bonds is 8. The molecule has 0 aliphatic heterocycles. The minimum Gasteiger partial charge on any atom is -0.564 e. The molecule has 0 spiro atoms. The van der Waals surface area contributed by atoms with Gasteiger partial charge in [-0.05, 0) is 13.8 Å². The van der Waals surface area contributed by atoms with E-state index in [9.17, 15) is 5.21 Å². The molecule has 0 aliphatic rings. The van der Waals surface area contributed by atoms with Gasteiger partial charge in [-0.2, -0.15) is 5.90 Å². The molecular formula is C4H15N5O5. The van der Waals surface area contributed by atoms with Crippen molar-refractivity contribution in [2.24, 2.45) is 11.8 Å². The molecule has 10 heteroatoms. The van der Waals surface area contributed by atoms with Crippen molar-refractivity contribution in [3.05, 3.63) is 5.21 Å². The molecule has 0 aromatic rings. The van der Waals surface area contributed by atoms with Crippen molar-refractivity contribution < 1.29 is 24.9 Å². The first-order chi connectivity index (χ1) is 6.60. The predicted molar refractivity (Wildman–Crippen MR) is 42.2 cm³/mol. The Bertz CT molecular complexity index is 139. The van der Waals surface area contributed by atoms with Crippen molar-refractivity contribution in [3.63, 3.8) is 0 Å². The molecule has 0 saturated carbocycles. The molecule has 0 heterocycles. The van der Waals surface area contributed by atoms with E-state index >= 15 is 0 Å². The fourth-order valence-corrected chi connectivity index (χ4v) is 0.447. The molecule has 10 nitrogen and oxygen atoms in total. The Morgan fingerprint density at radius 1 is 1.21 bits per heavy atom. The highest BCUT2D eigenvalue weighted by atomic mass is 17.2. The summed E-state index contributed by atoms with van der Waals surface area (Å²) in [5.41, 5.74) is 4.31. The van der Waals surface area contributed by atoms with Crippen LogP contribution < -0.4 is 28.1 Å². The molecule has 0 aromatic carbocycles. The SMILES string of the molecule is CC(NO[NH+]([O-])OC(C)NON)ON. The van der Waals surface area contributed by atoms with Gasteiger partial charge < -0.3 is 5.21 Å². The van der Waals surface area contributed by atoms with Gasteiger partial charge in [0.15, 0.2) is 12.5 Å². The number of quaternary nitrogens is 1. The molecule has 0 radical (unpaired) electrons. The minimum absolute atomic E-state index is 0.642. The maximum atomic E-state index is 10.8. The van der Waals surface area contributed by atoms with Crippen LogP contribution in [0.15, 0.2) is 0 Å². The molecule has 3 atom stereocenters. The third-order valence-corrected chi connectivity index (χ3v) is 1.02. The largest absolute Gasteiger partial charge is 0.564 e. The van der Waals surface area contributed by atoms with E-state index in [4.69, 9.17) is 5.90 Å². The van der Waals surface area contributed by atoms with E-state index in [1.54, 1.807) is 0 Å². The van der Waals surface area contributed by atoms with E-state index in [-0.39, 0.29) is 0 Å². The number of nitrogens with two attached hydrogens (primary N) is 2. The maximum Gasteiger partial charge on any atom is 0.192 e. The van der Waals surface area contributed by atoms with Gasteiger partial charge in [0.05, 0.1) is 0 Å². The van der Waals surface area contributed by atoms with Crippen molar-refractivity contribution in [3.8, 4) is 0 Å². The topological polar surface area (TPSA) is 141 Å². The van der Waals surface area contributed by atoms with E-state index < -0.39 is 17.8 Å². The second kappa shape index (κ2) is 7.95. The van der Waals surface area contributed by atoms with Crippen LogP contribution in [-0.4, -0.2) is 12.5 Å². The number of hydrogen-bond acceptors (Lipinski definition) is 9. The monoisotopic (exact) mass is 213 g/mol. The van der Waals surface area contributed by atoms with E-state index in [1.165, 1.54) is 13.8 Å². The molecule has 0 bridgehead atoms. The Balaban J connectivity index is 3.49. The van der Waals surface area contributed by atoms with Crippen LogP contribution in [-0.2, 0) is 19.6 Å². The van der Waals surface area contributed by atoms with Crippen LogP contribution in [0.1, 0.15) is 13.8 Å². The lowest BCUT2D eigenvalue weighted by Gasteiger charge is -2.21. The highest BCUT2D eigenvalue weighted by Crippen LogP contribution is 1.77. The van der Waals surface area contributed by atoms with Gasteiger partial charge >= 0.3 is 0 Å². The molecule has 14 heavy (non-hydrogen) atoms. The van der Waals surface area contributed by atoms with Gasteiger partial charge in [-0.3, -0.25) is 4.84 Å². The first kappa shape index (κ1) is 13.6. The normalized spacial score (nSPS) is 17.8. The molecule has 0 saturated heterocycles. The molecule has 86 valence electrons. The van der Waals surface area contributed by atoms with Crippen LogP contribution in [0, 0.1) is 5.21 Å². The quantitative estimate of drug-likeness (QED) is 0.207. The molecule has 0 rings (SSSR count). The molecule has 0 aromatic heterocycles. The molecule has 0 fully saturated rings. The summed E-state index contributed by atoms with van der Waals surface area (Å²) >= 11 is 0. The van der Waals surface area contributed by atoms with E-state index in [0.29, 0.717) is 0 Å². The fourth-order valence-electron chi connectivity index (χ4n) is 0.447. The van der Waals surface area contributed by atoms with Gasteiger partial charge in [-0.25, -0.2) is 10.8 Å². The Labute approximate surface area is 80.3 Å². The predicted octanol–water partition coefficient (Wildman–Crippen LogP) is -3.29.